The number of thioether (sulfide) groups is 1. The Morgan fingerprint density at radius 3 is 2.62 bits per heavy atom. The molecule has 0 heterocycles. The van der Waals surface area contributed by atoms with Gasteiger partial charge in [-0.25, -0.2) is 0 Å². The second-order valence-corrected chi connectivity index (χ2v) is 7.68. The van der Waals surface area contributed by atoms with Crippen LogP contribution in [-0.2, 0) is 4.79 Å². The van der Waals surface area contributed by atoms with E-state index in [9.17, 15) is 4.79 Å². The third-order valence-corrected chi connectivity index (χ3v) is 5.27. The Morgan fingerprint density at radius 1 is 1.08 bits per heavy atom. The van der Waals surface area contributed by atoms with Gasteiger partial charge in [0, 0.05) is 15.3 Å². The number of carbonyl (C=O) groups excluding carboxylic acids is 1. The molecule has 0 aliphatic carbocycles. The molecule has 0 aliphatic rings. The minimum absolute atomic E-state index is 0.00790. The van der Waals surface area contributed by atoms with Crippen LogP contribution in [0.5, 0.6) is 5.75 Å². The second kappa shape index (κ2) is 8.97. The molecule has 26 heavy (non-hydrogen) atoms. The van der Waals surface area contributed by atoms with Crippen LogP contribution in [0.4, 0.5) is 0 Å². The van der Waals surface area contributed by atoms with Crippen LogP contribution in [0.25, 0.3) is 10.8 Å². The number of rotatable bonds is 7. The van der Waals surface area contributed by atoms with Crippen molar-refractivity contribution >= 4 is 40.0 Å². The van der Waals surface area contributed by atoms with Crippen LogP contribution >= 0.6 is 23.4 Å². The fourth-order valence-corrected chi connectivity index (χ4v) is 3.59. The van der Waals surface area contributed by atoms with Gasteiger partial charge in [-0.15, -0.1) is 11.8 Å². The zero-order chi connectivity index (χ0) is 18.4. The predicted molar refractivity (Wildman–Crippen MR) is 109 cm³/mol. The minimum Gasteiger partial charge on any atom is -0.491 e. The molecule has 3 aromatic rings. The quantitative estimate of drug-likeness (QED) is 0.450. The number of ether oxygens (including phenoxy) is 1. The third kappa shape index (κ3) is 4.93. The van der Waals surface area contributed by atoms with Crippen molar-refractivity contribution < 1.29 is 9.53 Å². The highest BCUT2D eigenvalue weighted by Gasteiger charge is 2.13. The van der Waals surface area contributed by atoms with E-state index in [0.29, 0.717) is 18.2 Å². The molecule has 1 amide bonds. The molecule has 0 aliphatic heterocycles. The zero-order valence-electron chi connectivity index (χ0n) is 14.4. The van der Waals surface area contributed by atoms with E-state index in [1.807, 2.05) is 61.5 Å². The molecule has 0 bridgehead atoms. The number of hydrogen-bond acceptors (Lipinski definition) is 3. The Morgan fingerprint density at radius 2 is 1.81 bits per heavy atom. The van der Waals surface area contributed by atoms with Crippen LogP contribution < -0.4 is 10.1 Å². The smallest absolute Gasteiger partial charge is 0.233 e. The average Bonchev–Trinajstić information content (AvgIpc) is 2.67. The van der Waals surface area contributed by atoms with Crippen molar-refractivity contribution in [1.82, 2.24) is 5.32 Å². The lowest BCUT2D eigenvalue weighted by Gasteiger charge is -2.13. The summed E-state index contributed by atoms with van der Waals surface area (Å²) in [5.41, 5.74) is 0. The first-order chi connectivity index (χ1) is 12.6. The highest BCUT2D eigenvalue weighted by molar-refractivity contribution is 8.00. The normalized spacial score (nSPS) is 11.9. The fourth-order valence-electron chi connectivity index (χ4n) is 2.57. The molecule has 0 aromatic heterocycles. The van der Waals surface area contributed by atoms with Gasteiger partial charge in [0.25, 0.3) is 0 Å². The molecule has 3 nitrogen and oxygen atoms in total. The van der Waals surface area contributed by atoms with Crippen LogP contribution in [0.3, 0.4) is 0 Å². The summed E-state index contributed by atoms with van der Waals surface area (Å²) >= 11 is 7.38. The Hall–Kier alpha value is -2.17. The van der Waals surface area contributed by atoms with Crippen LogP contribution in [-0.4, -0.2) is 24.3 Å². The van der Waals surface area contributed by atoms with Crippen molar-refractivity contribution in [2.24, 2.45) is 0 Å². The fraction of sp³-hybridized carbons (Fsp3) is 0.190. The van der Waals surface area contributed by atoms with E-state index in [2.05, 4.69) is 17.4 Å². The van der Waals surface area contributed by atoms with E-state index in [4.69, 9.17) is 16.3 Å². The Bertz CT molecular complexity index is 877. The lowest BCUT2D eigenvalue weighted by atomic mass is 10.1. The zero-order valence-corrected chi connectivity index (χ0v) is 16.0. The van der Waals surface area contributed by atoms with Gasteiger partial charge in [-0.1, -0.05) is 48.0 Å². The molecule has 1 N–H and O–H groups in total. The molecule has 0 spiro atoms. The van der Waals surface area contributed by atoms with Gasteiger partial charge in [-0.2, -0.15) is 0 Å². The average molecular weight is 386 g/mol. The molecule has 0 radical (unpaired) electrons. The Balaban J connectivity index is 1.46. The molecule has 0 saturated carbocycles. The maximum Gasteiger partial charge on any atom is 0.233 e. The second-order valence-electron chi connectivity index (χ2n) is 5.83. The summed E-state index contributed by atoms with van der Waals surface area (Å²) in [6, 6.07) is 21.6. The molecule has 0 fully saturated rings. The van der Waals surface area contributed by atoms with E-state index in [0.717, 1.165) is 21.4 Å². The third-order valence-electron chi connectivity index (χ3n) is 3.90. The van der Waals surface area contributed by atoms with Crippen molar-refractivity contribution in [3.05, 3.63) is 71.8 Å². The number of carbonyl (C=O) groups is 1. The summed E-state index contributed by atoms with van der Waals surface area (Å²) < 4.78 is 5.84. The highest BCUT2D eigenvalue weighted by atomic mass is 35.5. The summed E-state index contributed by atoms with van der Waals surface area (Å²) in [7, 11) is 0. The Labute approximate surface area is 162 Å². The molecule has 0 saturated heterocycles. The topological polar surface area (TPSA) is 38.3 Å². The number of benzene rings is 3. The molecule has 3 rings (SSSR count). The maximum atomic E-state index is 12.2. The first kappa shape index (κ1) is 18.6. The first-order valence-corrected chi connectivity index (χ1v) is 9.70. The van der Waals surface area contributed by atoms with E-state index in [1.54, 1.807) is 0 Å². The highest BCUT2D eigenvalue weighted by Crippen LogP contribution is 2.26. The molecule has 134 valence electrons. The van der Waals surface area contributed by atoms with Crippen LogP contribution in [0, 0.1) is 0 Å². The number of halogens is 1. The number of amides is 1. The van der Waals surface area contributed by atoms with Crippen LogP contribution in [0.15, 0.2) is 71.6 Å². The predicted octanol–water partition coefficient (Wildman–Crippen LogP) is 5.17. The first-order valence-electron chi connectivity index (χ1n) is 8.44. The lowest BCUT2D eigenvalue weighted by molar-refractivity contribution is -0.120. The standard InChI is InChI=1S/C21H20ClNO2S/c1-15(26-18-11-9-17(22)10-12-18)21(24)23-13-14-25-20-8-4-6-16-5-2-3-7-19(16)20/h2-12,15H,13-14H2,1H3,(H,23,24)/t15-/m1/s1. The van der Waals surface area contributed by atoms with Gasteiger partial charge in [0.05, 0.1) is 11.8 Å². The van der Waals surface area contributed by atoms with Gasteiger partial charge in [-0.05, 0) is 42.6 Å². The van der Waals surface area contributed by atoms with Crippen LogP contribution in [0.2, 0.25) is 5.02 Å². The van der Waals surface area contributed by atoms with Gasteiger partial charge in [0.1, 0.15) is 12.4 Å². The van der Waals surface area contributed by atoms with Gasteiger partial charge < -0.3 is 10.1 Å². The molecule has 1 atom stereocenters. The summed E-state index contributed by atoms with van der Waals surface area (Å²) in [4.78, 5) is 13.2. The summed E-state index contributed by atoms with van der Waals surface area (Å²) in [6.07, 6.45) is 0. The monoisotopic (exact) mass is 385 g/mol. The molecule has 3 aromatic carbocycles. The SMILES string of the molecule is C[C@@H](Sc1ccc(Cl)cc1)C(=O)NCCOc1cccc2ccccc12. The molecule has 0 unspecified atom stereocenters. The maximum absolute atomic E-state index is 12.2. The molecule has 5 heteroatoms. The number of fused-ring (bicyclic) bond motifs is 1. The van der Waals surface area contributed by atoms with Crippen molar-refractivity contribution in [1.29, 1.82) is 0 Å². The lowest BCUT2D eigenvalue weighted by Crippen LogP contribution is -2.33. The van der Waals surface area contributed by atoms with Crippen molar-refractivity contribution in [3.63, 3.8) is 0 Å². The van der Waals surface area contributed by atoms with Crippen molar-refractivity contribution in [3.8, 4) is 5.75 Å². The van der Waals surface area contributed by atoms with Crippen molar-refractivity contribution in [2.45, 2.75) is 17.1 Å². The summed E-state index contributed by atoms with van der Waals surface area (Å²) in [5, 5.41) is 5.64. The van der Waals surface area contributed by atoms with Crippen molar-refractivity contribution in [2.75, 3.05) is 13.2 Å². The van der Waals surface area contributed by atoms with Gasteiger partial charge in [-0.3, -0.25) is 4.79 Å². The van der Waals surface area contributed by atoms with E-state index >= 15 is 0 Å². The van der Waals surface area contributed by atoms with Gasteiger partial charge >= 0.3 is 0 Å². The summed E-state index contributed by atoms with van der Waals surface area (Å²) in [5.74, 6) is 0.826. The van der Waals surface area contributed by atoms with E-state index in [-0.39, 0.29) is 11.2 Å². The molecular formula is C21H20ClNO2S. The van der Waals surface area contributed by atoms with E-state index < -0.39 is 0 Å². The summed E-state index contributed by atoms with van der Waals surface area (Å²) in [6.45, 7) is 2.78. The minimum atomic E-state index is -0.186. The van der Waals surface area contributed by atoms with Crippen LogP contribution in [0.1, 0.15) is 6.92 Å². The number of hydrogen-bond donors (Lipinski definition) is 1. The van der Waals surface area contributed by atoms with E-state index in [1.165, 1.54) is 11.8 Å². The Kier molecular flexibility index (Phi) is 6.42. The molecular weight excluding hydrogens is 366 g/mol. The number of nitrogens with one attached hydrogen (secondary N) is 1. The largest absolute Gasteiger partial charge is 0.491 e. The van der Waals surface area contributed by atoms with Gasteiger partial charge in [0.15, 0.2) is 0 Å². The van der Waals surface area contributed by atoms with Gasteiger partial charge in [0.2, 0.25) is 5.91 Å².